The molecule has 0 aromatic carbocycles. The van der Waals surface area contributed by atoms with Gasteiger partial charge in [0.25, 0.3) is 0 Å². The van der Waals surface area contributed by atoms with Gasteiger partial charge in [-0.25, -0.2) is 0 Å². The van der Waals surface area contributed by atoms with Gasteiger partial charge in [-0.15, -0.1) is 0 Å². The van der Waals surface area contributed by atoms with E-state index in [-0.39, 0.29) is 0 Å². The Bertz CT molecular complexity index is 333. The zero-order chi connectivity index (χ0) is 13.7. The van der Waals surface area contributed by atoms with Crippen LogP contribution in [0.1, 0.15) is 85.5 Å². The van der Waals surface area contributed by atoms with E-state index in [1.165, 1.54) is 44.9 Å². The van der Waals surface area contributed by atoms with Gasteiger partial charge in [0.2, 0.25) is 0 Å². The van der Waals surface area contributed by atoms with Crippen molar-refractivity contribution >= 4 is 0 Å². The second kappa shape index (κ2) is 4.78. The fraction of sp³-hybridized carbons (Fsp3) is 1.00. The maximum atomic E-state index is 2.68. The molecule has 0 heteroatoms. The molecule has 3 rings (SSSR count). The van der Waals surface area contributed by atoms with Crippen LogP contribution in [0.15, 0.2) is 0 Å². The lowest BCUT2D eigenvalue weighted by atomic mass is 9.46. The monoisotopic (exact) mass is 262 g/mol. The normalized spacial score (nSPS) is 54.3. The lowest BCUT2D eigenvalue weighted by molar-refractivity contribution is -0.0967. The van der Waals surface area contributed by atoms with Crippen LogP contribution in [0.2, 0.25) is 0 Å². The van der Waals surface area contributed by atoms with E-state index in [9.17, 15) is 0 Å². The summed E-state index contributed by atoms with van der Waals surface area (Å²) in [7, 11) is 0. The van der Waals surface area contributed by atoms with Gasteiger partial charge in [-0.2, -0.15) is 0 Å². The predicted molar refractivity (Wildman–Crippen MR) is 83.1 cm³/mol. The molecule has 6 atom stereocenters. The SMILES string of the molecule is CC[C@]1(C)CC[C@H]2[C@@H](CC[C@H]3C(C)CCC[C@@]32C)C1. The topological polar surface area (TPSA) is 0 Å². The summed E-state index contributed by atoms with van der Waals surface area (Å²) in [6.45, 7) is 10.2. The van der Waals surface area contributed by atoms with E-state index in [1.807, 2.05) is 0 Å². The van der Waals surface area contributed by atoms with Crippen LogP contribution in [-0.4, -0.2) is 0 Å². The van der Waals surface area contributed by atoms with Gasteiger partial charge in [-0.05, 0) is 73.0 Å². The van der Waals surface area contributed by atoms with Gasteiger partial charge in [0, 0.05) is 0 Å². The molecule has 1 unspecified atom stereocenters. The maximum absolute atomic E-state index is 2.68. The largest absolute Gasteiger partial charge is 0.0649 e. The van der Waals surface area contributed by atoms with Gasteiger partial charge >= 0.3 is 0 Å². The molecule has 0 N–H and O–H groups in total. The van der Waals surface area contributed by atoms with Crippen molar-refractivity contribution in [3.63, 3.8) is 0 Å². The first kappa shape index (κ1) is 14.0. The van der Waals surface area contributed by atoms with Crippen LogP contribution < -0.4 is 0 Å². The highest BCUT2D eigenvalue weighted by Gasteiger charge is 2.53. The Kier molecular flexibility index (Phi) is 3.51. The molecule has 0 radical (unpaired) electrons. The molecule has 0 heterocycles. The maximum Gasteiger partial charge on any atom is -0.0264 e. The molecule has 0 bridgehead atoms. The minimum atomic E-state index is 0.671. The zero-order valence-corrected chi connectivity index (χ0v) is 13.7. The molecule has 3 fully saturated rings. The third kappa shape index (κ3) is 2.18. The highest BCUT2D eigenvalue weighted by molar-refractivity contribution is 5.03. The van der Waals surface area contributed by atoms with Crippen LogP contribution >= 0.6 is 0 Å². The molecule has 0 aliphatic heterocycles. The number of fused-ring (bicyclic) bond motifs is 3. The van der Waals surface area contributed by atoms with Crippen molar-refractivity contribution in [2.45, 2.75) is 85.5 Å². The van der Waals surface area contributed by atoms with E-state index in [0.717, 1.165) is 23.7 Å². The van der Waals surface area contributed by atoms with E-state index >= 15 is 0 Å². The van der Waals surface area contributed by atoms with Crippen molar-refractivity contribution in [2.24, 2.45) is 34.5 Å². The van der Waals surface area contributed by atoms with Crippen molar-refractivity contribution < 1.29 is 0 Å². The summed E-state index contributed by atoms with van der Waals surface area (Å²) >= 11 is 0. The molecule has 110 valence electrons. The quantitative estimate of drug-likeness (QED) is 0.539. The molecule has 0 aromatic rings. The van der Waals surface area contributed by atoms with Gasteiger partial charge in [0.05, 0.1) is 0 Å². The Balaban J connectivity index is 1.82. The summed E-state index contributed by atoms with van der Waals surface area (Å²) in [5.41, 5.74) is 1.38. The highest BCUT2D eigenvalue weighted by Crippen LogP contribution is 2.62. The zero-order valence-electron chi connectivity index (χ0n) is 13.7. The molecule has 0 amide bonds. The van der Waals surface area contributed by atoms with Crippen molar-refractivity contribution in [1.29, 1.82) is 0 Å². The van der Waals surface area contributed by atoms with Gasteiger partial charge in [-0.3, -0.25) is 0 Å². The summed E-state index contributed by atoms with van der Waals surface area (Å²) in [5.74, 6) is 4.17. The summed E-state index contributed by atoms with van der Waals surface area (Å²) in [4.78, 5) is 0. The Labute approximate surface area is 120 Å². The van der Waals surface area contributed by atoms with E-state index in [0.29, 0.717) is 10.8 Å². The van der Waals surface area contributed by atoms with E-state index in [2.05, 4.69) is 27.7 Å². The summed E-state index contributed by atoms with van der Waals surface area (Å²) in [6.07, 6.45) is 13.6. The first-order valence-electron chi connectivity index (χ1n) is 8.98. The average molecular weight is 262 g/mol. The van der Waals surface area contributed by atoms with Crippen LogP contribution in [0.25, 0.3) is 0 Å². The Morgan fingerprint density at radius 3 is 2.47 bits per heavy atom. The van der Waals surface area contributed by atoms with Crippen molar-refractivity contribution in [3.05, 3.63) is 0 Å². The number of rotatable bonds is 1. The molecule has 3 saturated carbocycles. The summed E-state index contributed by atoms with van der Waals surface area (Å²) in [5, 5.41) is 0. The Hall–Kier alpha value is 0. The van der Waals surface area contributed by atoms with Crippen LogP contribution in [0, 0.1) is 34.5 Å². The van der Waals surface area contributed by atoms with Gasteiger partial charge < -0.3 is 0 Å². The lowest BCUT2D eigenvalue weighted by Gasteiger charge is -2.59. The number of hydrogen-bond acceptors (Lipinski definition) is 0. The van der Waals surface area contributed by atoms with Gasteiger partial charge in [0.15, 0.2) is 0 Å². The smallest absolute Gasteiger partial charge is 0.0264 e. The van der Waals surface area contributed by atoms with Crippen molar-refractivity contribution in [1.82, 2.24) is 0 Å². The molecule has 19 heavy (non-hydrogen) atoms. The molecule has 0 saturated heterocycles. The molecular formula is C19H34. The minimum Gasteiger partial charge on any atom is -0.0649 e. The fourth-order valence-electron chi connectivity index (χ4n) is 6.42. The van der Waals surface area contributed by atoms with Crippen LogP contribution in [0.5, 0.6) is 0 Å². The van der Waals surface area contributed by atoms with Gasteiger partial charge in [0.1, 0.15) is 0 Å². The predicted octanol–water partition coefficient (Wildman–Crippen LogP) is 6.06. The lowest BCUT2D eigenvalue weighted by Crippen LogP contribution is -2.51. The standard InChI is InChI=1S/C19H34/c1-5-18(3)12-10-17-15(13-18)8-9-16-14(2)7-6-11-19(16,17)4/h14-17H,5-13H2,1-4H3/t14?,15-,16-,17-,18+,19-/m0/s1. The Morgan fingerprint density at radius 1 is 0.947 bits per heavy atom. The average Bonchev–Trinajstić information content (AvgIpc) is 2.38. The first-order valence-corrected chi connectivity index (χ1v) is 8.98. The van der Waals surface area contributed by atoms with E-state index in [4.69, 9.17) is 0 Å². The second-order valence-electron chi connectivity index (χ2n) is 8.83. The van der Waals surface area contributed by atoms with Crippen LogP contribution in [0.4, 0.5) is 0 Å². The minimum absolute atomic E-state index is 0.671. The van der Waals surface area contributed by atoms with E-state index in [1.54, 1.807) is 12.8 Å². The van der Waals surface area contributed by atoms with Crippen LogP contribution in [-0.2, 0) is 0 Å². The molecule has 0 spiro atoms. The van der Waals surface area contributed by atoms with Crippen LogP contribution in [0.3, 0.4) is 0 Å². The molecule has 3 aliphatic rings. The molecule has 0 aromatic heterocycles. The summed E-state index contributed by atoms with van der Waals surface area (Å²) < 4.78 is 0. The van der Waals surface area contributed by atoms with Crippen molar-refractivity contribution in [2.75, 3.05) is 0 Å². The first-order chi connectivity index (χ1) is 8.98. The Morgan fingerprint density at radius 2 is 1.74 bits per heavy atom. The van der Waals surface area contributed by atoms with Crippen molar-refractivity contribution in [3.8, 4) is 0 Å². The number of hydrogen-bond donors (Lipinski definition) is 0. The second-order valence-corrected chi connectivity index (χ2v) is 8.83. The van der Waals surface area contributed by atoms with E-state index < -0.39 is 0 Å². The highest BCUT2D eigenvalue weighted by atomic mass is 14.6. The third-order valence-corrected chi connectivity index (χ3v) is 7.84. The third-order valence-electron chi connectivity index (χ3n) is 7.84. The molecule has 3 aliphatic carbocycles. The fourth-order valence-corrected chi connectivity index (χ4v) is 6.42. The molecule has 0 nitrogen and oxygen atoms in total. The molecular weight excluding hydrogens is 228 g/mol. The summed E-state index contributed by atoms with van der Waals surface area (Å²) in [6, 6.07) is 0. The van der Waals surface area contributed by atoms with Gasteiger partial charge in [-0.1, -0.05) is 47.0 Å².